The number of nitrogens with zero attached hydrogens (tertiary/aromatic N) is 2. The number of methoxy groups -OCH3 is 2. The second kappa shape index (κ2) is 11.4. The Hall–Kier alpha value is -3.07. The van der Waals surface area contributed by atoms with E-state index in [4.69, 9.17) is 21.1 Å². The summed E-state index contributed by atoms with van der Waals surface area (Å²) in [5, 5.41) is 0.172. The van der Waals surface area contributed by atoms with Crippen molar-refractivity contribution in [3.8, 4) is 11.5 Å². The Bertz CT molecular complexity index is 1220. The van der Waals surface area contributed by atoms with E-state index in [0.717, 1.165) is 21.2 Å². The van der Waals surface area contributed by atoms with E-state index in [-0.39, 0.29) is 28.9 Å². The van der Waals surface area contributed by atoms with Crippen LogP contribution in [0.2, 0.25) is 5.02 Å². The van der Waals surface area contributed by atoms with Crippen LogP contribution in [0.4, 0.5) is 0 Å². The number of carbonyl (C=O) groups excluding carboxylic acids is 1. The van der Waals surface area contributed by atoms with E-state index in [0.29, 0.717) is 12.3 Å². The van der Waals surface area contributed by atoms with Gasteiger partial charge in [0.05, 0.1) is 30.7 Å². The third-order valence-corrected chi connectivity index (χ3v) is 7.36. The first-order chi connectivity index (χ1) is 16.2. The molecule has 0 aliphatic heterocycles. The number of ether oxygens (including phenoxy) is 2. The van der Waals surface area contributed by atoms with Crippen LogP contribution in [0.1, 0.15) is 11.1 Å². The molecule has 0 heterocycles. The topological polar surface area (TPSA) is 76.2 Å². The van der Waals surface area contributed by atoms with Gasteiger partial charge in [-0.15, -0.1) is 0 Å². The number of hydrogen-bond donors (Lipinski definition) is 0. The van der Waals surface area contributed by atoms with Gasteiger partial charge >= 0.3 is 0 Å². The summed E-state index contributed by atoms with van der Waals surface area (Å²) in [6.07, 6.45) is 0. The fourth-order valence-corrected chi connectivity index (χ4v) is 5.06. The first kappa shape index (κ1) is 25.6. The van der Waals surface area contributed by atoms with Crippen LogP contribution in [-0.2, 0) is 27.9 Å². The highest BCUT2D eigenvalue weighted by Crippen LogP contribution is 2.29. The van der Waals surface area contributed by atoms with E-state index in [1.165, 1.54) is 30.2 Å². The van der Waals surface area contributed by atoms with Crippen LogP contribution in [0.3, 0.4) is 0 Å². The molecule has 0 unspecified atom stereocenters. The third kappa shape index (κ3) is 6.28. The molecular formula is C25H27ClN2O5S. The van der Waals surface area contributed by atoms with Gasteiger partial charge in [0.15, 0.2) is 0 Å². The van der Waals surface area contributed by atoms with Crippen LogP contribution in [0.5, 0.6) is 11.5 Å². The maximum Gasteiger partial charge on any atom is 0.243 e. The van der Waals surface area contributed by atoms with Crippen LogP contribution >= 0.6 is 11.6 Å². The molecule has 0 fully saturated rings. The number of hydrogen-bond acceptors (Lipinski definition) is 5. The molecule has 180 valence electrons. The average Bonchev–Trinajstić information content (AvgIpc) is 2.84. The molecule has 0 aliphatic rings. The minimum absolute atomic E-state index is 0.0140. The number of sulfonamides is 1. The molecule has 0 saturated heterocycles. The van der Waals surface area contributed by atoms with Gasteiger partial charge in [0, 0.05) is 20.1 Å². The van der Waals surface area contributed by atoms with Crippen LogP contribution in [-0.4, -0.2) is 51.3 Å². The zero-order valence-electron chi connectivity index (χ0n) is 19.3. The van der Waals surface area contributed by atoms with Crippen LogP contribution in [0.25, 0.3) is 0 Å². The minimum Gasteiger partial charge on any atom is -0.497 e. The van der Waals surface area contributed by atoms with Crippen molar-refractivity contribution in [3.05, 3.63) is 88.9 Å². The summed E-state index contributed by atoms with van der Waals surface area (Å²) in [6.45, 7) is 0.0406. The SMILES string of the molecule is COc1ccc(CN(C)C(=O)CN(Cc2ccccc2)S(=O)(=O)c2ccc(OC)c(Cl)c2)cc1. The molecule has 9 heteroatoms. The van der Waals surface area contributed by atoms with Crippen molar-refractivity contribution < 1.29 is 22.7 Å². The van der Waals surface area contributed by atoms with Crippen molar-refractivity contribution in [3.63, 3.8) is 0 Å². The Morgan fingerprint density at radius 1 is 0.882 bits per heavy atom. The Kier molecular flexibility index (Phi) is 8.55. The molecule has 0 saturated carbocycles. The van der Waals surface area contributed by atoms with Crippen LogP contribution < -0.4 is 9.47 Å². The molecule has 0 bridgehead atoms. The van der Waals surface area contributed by atoms with E-state index >= 15 is 0 Å². The summed E-state index contributed by atoms with van der Waals surface area (Å²) in [7, 11) is 0.654. The number of rotatable bonds is 10. The van der Waals surface area contributed by atoms with E-state index in [9.17, 15) is 13.2 Å². The molecule has 0 aromatic heterocycles. The molecule has 3 rings (SSSR count). The van der Waals surface area contributed by atoms with Gasteiger partial charge in [-0.25, -0.2) is 8.42 Å². The lowest BCUT2D eigenvalue weighted by molar-refractivity contribution is -0.130. The maximum atomic E-state index is 13.5. The molecule has 0 N–H and O–H groups in total. The molecule has 0 spiro atoms. The van der Waals surface area contributed by atoms with Gasteiger partial charge in [-0.1, -0.05) is 54.1 Å². The van der Waals surface area contributed by atoms with Crippen molar-refractivity contribution in [2.24, 2.45) is 0 Å². The summed E-state index contributed by atoms with van der Waals surface area (Å²) < 4.78 is 38.5. The first-order valence-corrected chi connectivity index (χ1v) is 12.3. The largest absolute Gasteiger partial charge is 0.497 e. The highest BCUT2D eigenvalue weighted by molar-refractivity contribution is 7.89. The predicted molar refractivity (Wildman–Crippen MR) is 132 cm³/mol. The van der Waals surface area contributed by atoms with Crippen LogP contribution in [0.15, 0.2) is 77.7 Å². The summed E-state index contributed by atoms with van der Waals surface area (Å²) in [6, 6.07) is 20.7. The molecule has 34 heavy (non-hydrogen) atoms. The summed E-state index contributed by atoms with van der Waals surface area (Å²) in [5.74, 6) is 0.747. The summed E-state index contributed by atoms with van der Waals surface area (Å²) >= 11 is 6.18. The maximum absolute atomic E-state index is 13.5. The van der Waals surface area contributed by atoms with Gasteiger partial charge in [0.1, 0.15) is 11.5 Å². The molecule has 0 aliphatic carbocycles. The number of halogens is 1. The Morgan fingerprint density at radius 2 is 1.53 bits per heavy atom. The van der Waals surface area contributed by atoms with E-state index in [1.807, 2.05) is 54.6 Å². The summed E-state index contributed by atoms with van der Waals surface area (Å²) in [4.78, 5) is 14.5. The van der Waals surface area contributed by atoms with E-state index in [2.05, 4.69) is 0 Å². The monoisotopic (exact) mass is 502 g/mol. The van der Waals surface area contributed by atoms with E-state index < -0.39 is 10.0 Å². The first-order valence-electron chi connectivity index (χ1n) is 10.5. The summed E-state index contributed by atoms with van der Waals surface area (Å²) in [5.41, 5.74) is 1.66. The normalized spacial score (nSPS) is 11.3. The molecule has 0 radical (unpaired) electrons. The lowest BCUT2D eigenvalue weighted by Crippen LogP contribution is -2.40. The van der Waals surface area contributed by atoms with Gasteiger partial charge in [-0.2, -0.15) is 4.31 Å². The van der Waals surface area contributed by atoms with Crippen molar-refractivity contribution in [2.45, 2.75) is 18.0 Å². The van der Waals surface area contributed by atoms with Crippen LogP contribution in [0, 0.1) is 0 Å². The molecule has 7 nitrogen and oxygen atoms in total. The quantitative estimate of drug-likeness (QED) is 0.415. The Balaban J connectivity index is 1.84. The Morgan fingerprint density at radius 3 is 2.12 bits per heavy atom. The Labute approximate surface area is 205 Å². The second-order valence-electron chi connectivity index (χ2n) is 7.65. The van der Waals surface area contributed by atoms with E-state index in [1.54, 1.807) is 14.2 Å². The smallest absolute Gasteiger partial charge is 0.243 e. The lowest BCUT2D eigenvalue weighted by atomic mass is 10.2. The van der Waals surface area contributed by atoms with Gasteiger partial charge in [-0.3, -0.25) is 4.79 Å². The third-order valence-electron chi connectivity index (χ3n) is 5.28. The minimum atomic E-state index is -4.03. The lowest BCUT2D eigenvalue weighted by Gasteiger charge is -2.25. The molecule has 1 amide bonds. The zero-order chi connectivity index (χ0) is 24.7. The highest BCUT2D eigenvalue weighted by Gasteiger charge is 2.28. The standard InChI is InChI=1S/C25H27ClN2O5S/c1-27(16-20-9-11-21(32-2)12-10-20)25(29)18-28(17-19-7-5-4-6-8-19)34(30,31)22-13-14-24(33-3)23(26)15-22/h4-15H,16-18H2,1-3H3. The van der Waals surface area contributed by atoms with Gasteiger partial charge in [-0.05, 0) is 41.5 Å². The molecule has 0 atom stereocenters. The number of amides is 1. The molecule has 3 aromatic rings. The average molecular weight is 503 g/mol. The zero-order valence-corrected chi connectivity index (χ0v) is 20.8. The van der Waals surface area contributed by atoms with Gasteiger partial charge < -0.3 is 14.4 Å². The fraction of sp³-hybridized carbons (Fsp3) is 0.240. The highest BCUT2D eigenvalue weighted by atomic mass is 35.5. The number of benzene rings is 3. The second-order valence-corrected chi connectivity index (χ2v) is 10.00. The fourth-order valence-electron chi connectivity index (χ4n) is 3.33. The molecule has 3 aromatic carbocycles. The predicted octanol–water partition coefficient (Wildman–Crippen LogP) is 4.21. The van der Waals surface area contributed by atoms with Crippen molar-refractivity contribution in [1.82, 2.24) is 9.21 Å². The van der Waals surface area contributed by atoms with Crippen molar-refractivity contribution in [1.29, 1.82) is 0 Å². The molecular weight excluding hydrogens is 476 g/mol. The number of carbonyl (C=O) groups is 1. The number of likely N-dealkylation sites (N-methyl/N-ethyl adjacent to an activating group) is 1. The van der Waals surface area contributed by atoms with Crippen molar-refractivity contribution in [2.75, 3.05) is 27.8 Å². The van der Waals surface area contributed by atoms with Gasteiger partial charge in [0.25, 0.3) is 0 Å². The van der Waals surface area contributed by atoms with Crippen molar-refractivity contribution >= 4 is 27.5 Å². The van der Waals surface area contributed by atoms with Gasteiger partial charge in [0.2, 0.25) is 15.9 Å².